The highest BCUT2D eigenvalue weighted by Gasteiger charge is 2.15. The van der Waals surface area contributed by atoms with E-state index in [0.717, 1.165) is 5.56 Å². The number of primary sulfonamides is 1. The summed E-state index contributed by atoms with van der Waals surface area (Å²) >= 11 is 1.19. The van der Waals surface area contributed by atoms with Gasteiger partial charge in [-0.3, -0.25) is 4.79 Å². The van der Waals surface area contributed by atoms with Crippen molar-refractivity contribution in [2.24, 2.45) is 5.14 Å². The van der Waals surface area contributed by atoms with Crippen LogP contribution in [-0.2, 0) is 10.0 Å². The van der Waals surface area contributed by atoms with E-state index in [1.54, 1.807) is 24.4 Å². The van der Waals surface area contributed by atoms with Crippen LogP contribution >= 0.6 is 11.3 Å². The van der Waals surface area contributed by atoms with Gasteiger partial charge in [0.05, 0.1) is 10.9 Å². The molecule has 112 valence electrons. The van der Waals surface area contributed by atoms with Gasteiger partial charge in [0.2, 0.25) is 10.0 Å². The van der Waals surface area contributed by atoms with Crippen LogP contribution < -0.4 is 16.2 Å². The molecular weight excluding hydrogens is 312 g/mol. The number of thiazole rings is 1. The summed E-state index contributed by atoms with van der Waals surface area (Å²) in [6.07, 6.45) is 0. The van der Waals surface area contributed by atoms with Crippen molar-refractivity contribution < 1.29 is 13.2 Å². The quantitative estimate of drug-likeness (QED) is 0.767. The number of amides is 1. The van der Waals surface area contributed by atoms with E-state index in [9.17, 15) is 13.2 Å². The highest BCUT2D eigenvalue weighted by molar-refractivity contribution is 7.89. The molecule has 7 nitrogen and oxygen atoms in total. The highest BCUT2D eigenvalue weighted by atomic mass is 32.2. The van der Waals surface area contributed by atoms with Crippen molar-refractivity contribution >= 4 is 32.4 Å². The Hall–Kier alpha value is -1.97. The monoisotopic (exact) mass is 326 g/mol. The zero-order valence-electron chi connectivity index (χ0n) is 11.1. The molecule has 1 heterocycles. The molecule has 0 bridgehead atoms. The molecular formula is C12H14N4O3S2. The largest absolute Gasteiger partial charge is 0.375 e. The fourth-order valence-corrected chi connectivity index (χ4v) is 2.75. The number of hydrogen-bond acceptors (Lipinski definition) is 6. The summed E-state index contributed by atoms with van der Waals surface area (Å²) in [5, 5.41) is 9.67. The molecule has 1 aromatic heterocycles. The summed E-state index contributed by atoms with van der Waals surface area (Å²) in [6.45, 7) is 1.78. The molecule has 0 aliphatic carbocycles. The first-order valence-electron chi connectivity index (χ1n) is 5.92. The average molecular weight is 326 g/mol. The van der Waals surface area contributed by atoms with Crippen molar-refractivity contribution in [1.82, 2.24) is 10.3 Å². The Balaban J connectivity index is 2.10. The van der Waals surface area contributed by atoms with Gasteiger partial charge in [-0.2, -0.15) is 0 Å². The minimum absolute atomic E-state index is 0.0250. The normalized spacial score (nSPS) is 12.9. The lowest BCUT2D eigenvalue weighted by molar-refractivity contribution is 0.0935. The Bertz CT molecular complexity index is 753. The summed E-state index contributed by atoms with van der Waals surface area (Å²) in [4.78, 5) is 15.8. The number of nitrogens with zero attached hydrogens (tertiary/aromatic N) is 1. The zero-order chi connectivity index (χ0) is 15.6. The Morgan fingerprint density at radius 1 is 1.33 bits per heavy atom. The summed E-state index contributed by atoms with van der Waals surface area (Å²) in [6, 6.07) is 5.68. The molecule has 0 radical (unpaired) electrons. The average Bonchev–Trinajstić information content (AvgIpc) is 2.84. The number of anilines is 1. The van der Waals surface area contributed by atoms with Gasteiger partial charge in [0.25, 0.3) is 5.91 Å². The second-order valence-corrected chi connectivity index (χ2v) is 6.83. The maximum Gasteiger partial charge on any atom is 0.271 e. The lowest BCUT2D eigenvalue weighted by atomic mass is 10.1. The van der Waals surface area contributed by atoms with Crippen LogP contribution in [0.2, 0.25) is 0 Å². The van der Waals surface area contributed by atoms with Gasteiger partial charge >= 0.3 is 0 Å². The van der Waals surface area contributed by atoms with Crippen LogP contribution in [0.25, 0.3) is 0 Å². The van der Waals surface area contributed by atoms with Crippen molar-refractivity contribution in [3.63, 3.8) is 0 Å². The Labute approximate surface area is 126 Å². The molecule has 2 rings (SSSR count). The molecule has 1 atom stereocenters. The minimum Gasteiger partial charge on any atom is -0.375 e. The van der Waals surface area contributed by atoms with Crippen LogP contribution in [0.4, 0.5) is 5.13 Å². The molecule has 0 saturated heterocycles. The third kappa shape index (κ3) is 3.78. The number of carbonyl (C=O) groups is 1. The number of aromatic nitrogens is 1. The Kier molecular flexibility index (Phi) is 4.26. The molecule has 1 amide bonds. The van der Waals surface area contributed by atoms with Gasteiger partial charge in [-0.25, -0.2) is 18.5 Å². The lowest BCUT2D eigenvalue weighted by Crippen LogP contribution is -2.27. The first-order chi connectivity index (χ1) is 9.77. The molecule has 2 aromatic rings. The molecule has 0 saturated carbocycles. The maximum atomic E-state index is 11.9. The molecule has 0 fully saturated rings. The van der Waals surface area contributed by atoms with E-state index in [4.69, 9.17) is 10.9 Å². The maximum absolute atomic E-state index is 11.9. The van der Waals surface area contributed by atoms with E-state index in [0.29, 0.717) is 5.13 Å². The van der Waals surface area contributed by atoms with Crippen molar-refractivity contribution in [3.8, 4) is 0 Å². The summed E-state index contributed by atoms with van der Waals surface area (Å²) < 4.78 is 22.3. The summed E-state index contributed by atoms with van der Waals surface area (Å²) in [5.41, 5.74) is 6.48. The van der Waals surface area contributed by atoms with Crippen molar-refractivity contribution in [2.75, 3.05) is 5.73 Å². The van der Waals surface area contributed by atoms with Crippen molar-refractivity contribution in [3.05, 3.63) is 40.9 Å². The zero-order valence-corrected chi connectivity index (χ0v) is 12.7. The number of sulfonamides is 1. The third-order valence-electron chi connectivity index (χ3n) is 2.81. The van der Waals surface area contributed by atoms with E-state index in [1.165, 1.54) is 23.5 Å². The van der Waals surface area contributed by atoms with Gasteiger partial charge in [-0.1, -0.05) is 12.1 Å². The van der Waals surface area contributed by atoms with Gasteiger partial charge in [-0.05, 0) is 24.6 Å². The van der Waals surface area contributed by atoms with Crippen molar-refractivity contribution in [2.45, 2.75) is 17.9 Å². The molecule has 21 heavy (non-hydrogen) atoms. The fraction of sp³-hybridized carbons (Fsp3) is 0.167. The SMILES string of the molecule is CC(NC(=O)c1csc(N)n1)c1ccc(S(N)(=O)=O)cc1. The van der Waals surface area contributed by atoms with Crippen LogP contribution in [-0.4, -0.2) is 19.3 Å². The Morgan fingerprint density at radius 2 is 1.95 bits per heavy atom. The Morgan fingerprint density at radius 3 is 2.43 bits per heavy atom. The third-order valence-corrected chi connectivity index (χ3v) is 4.41. The van der Waals surface area contributed by atoms with E-state index in [1.807, 2.05) is 0 Å². The topological polar surface area (TPSA) is 128 Å². The highest BCUT2D eigenvalue weighted by Crippen LogP contribution is 2.17. The van der Waals surface area contributed by atoms with E-state index < -0.39 is 10.0 Å². The number of rotatable bonds is 4. The molecule has 5 N–H and O–H groups in total. The predicted molar refractivity (Wildman–Crippen MR) is 80.2 cm³/mol. The number of nitrogen functional groups attached to an aromatic ring is 1. The van der Waals surface area contributed by atoms with Crippen LogP contribution in [0.15, 0.2) is 34.5 Å². The van der Waals surface area contributed by atoms with E-state index >= 15 is 0 Å². The first-order valence-corrected chi connectivity index (χ1v) is 8.34. The second kappa shape index (κ2) is 5.80. The molecule has 1 aromatic carbocycles. The van der Waals surface area contributed by atoms with Crippen molar-refractivity contribution in [1.29, 1.82) is 0 Å². The summed E-state index contributed by atoms with van der Waals surface area (Å²) in [7, 11) is -3.72. The number of nitrogens with one attached hydrogen (secondary N) is 1. The first kappa shape index (κ1) is 15.4. The van der Waals surface area contributed by atoms with Gasteiger partial charge in [0.15, 0.2) is 5.13 Å². The van der Waals surface area contributed by atoms with Gasteiger partial charge in [0.1, 0.15) is 5.69 Å². The molecule has 0 aliphatic heterocycles. The van der Waals surface area contributed by atoms with Gasteiger partial charge in [-0.15, -0.1) is 11.3 Å². The molecule has 1 unspecified atom stereocenters. The van der Waals surface area contributed by atoms with Gasteiger partial charge < -0.3 is 11.1 Å². The minimum atomic E-state index is -3.72. The van der Waals surface area contributed by atoms with Crippen LogP contribution in [0.1, 0.15) is 29.0 Å². The van der Waals surface area contributed by atoms with E-state index in [-0.39, 0.29) is 22.5 Å². The molecule has 0 aliphatic rings. The predicted octanol–water partition coefficient (Wildman–Crippen LogP) is 0.864. The lowest BCUT2D eigenvalue weighted by Gasteiger charge is -2.13. The van der Waals surface area contributed by atoms with Gasteiger partial charge in [0, 0.05) is 5.38 Å². The number of hydrogen-bond donors (Lipinski definition) is 3. The van der Waals surface area contributed by atoms with Crippen LogP contribution in [0.5, 0.6) is 0 Å². The molecule has 0 spiro atoms. The second-order valence-electron chi connectivity index (χ2n) is 4.38. The summed E-state index contributed by atoms with van der Waals surface area (Å²) in [5.74, 6) is -0.342. The smallest absolute Gasteiger partial charge is 0.271 e. The number of benzene rings is 1. The number of nitrogens with two attached hydrogens (primary N) is 2. The van der Waals surface area contributed by atoms with Crippen LogP contribution in [0.3, 0.4) is 0 Å². The number of carbonyl (C=O) groups excluding carboxylic acids is 1. The van der Waals surface area contributed by atoms with Crippen LogP contribution in [0, 0.1) is 0 Å². The molecule has 9 heteroatoms. The fourth-order valence-electron chi connectivity index (χ4n) is 1.69. The van der Waals surface area contributed by atoms with E-state index in [2.05, 4.69) is 10.3 Å². The standard InChI is InChI=1S/C12H14N4O3S2/c1-7(15-11(17)10-6-20-12(13)16-10)8-2-4-9(5-3-8)21(14,18)19/h2-7H,1H3,(H2,13,16)(H,15,17)(H2,14,18,19).